The smallest absolute Gasteiger partial charge is 0.332 e. The molecule has 1 atom stereocenters. The van der Waals surface area contributed by atoms with Gasteiger partial charge in [0.25, 0.3) is 0 Å². The first kappa shape index (κ1) is 16.7. The fourth-order valence-electron chi connectivity index (χ4n) is 1.89. The summed E-state index contributed by atoms with van der Waals surface area (Å²) in [6.07, 6.45) is 0.260. The molecule has 1 unspecified atom stereocenters. The van der Waals surface area contributed by atoms with E-state index in [1.54, 1.807) is 0 Å². The maximum Gasteiger partial charge on any atom is 0.332 e. The van der Waals surface area contributed by atoms with Crippen molar-refractivity contribution in [2.24, 2.45) is 0 Å². The maximum atomic E-state index is 12.2. The second kappa shape index (κ2) is 8.03. The number of urea groups is 1. The number of rotatable bonds is 8. The molecule has 1 heterocycles. The Kier molecular flexibility index (Phi) is 6.69. The first-order chi connectivity index (χ1) is 9.55. The molecule has 0 spiro atoms. The lowest BCUT2D eigenvalue weighted by molar-refractivity contribution is -0.144. The quantitative estimate of drug-likeness (QED) is 0.627. The van der Waals surface area contributed by atoms with Crippen LogP contribution in [0.1, 0.15) is 6.42 Å². The zero-order valence-electron chi connectivity index (χ0n) is 11.9. The van der Waals surface area contributed by atoms with Gasteiger partial charge in [0, 0.05) is 40.3 Å². The van der Waals surface area contributed by atoms with Crippen LogP contribution in [0.5, 0.6) is 0 Å². The number of carbonyl (C=O) groups excluding carboxylic acids is 1. The number of nitrogens with zero attached hydrogens (tertiary/aromatic N) is 1. The van der Waals surface area contributed by atoms with E-state index < -0.39 is 17.5 Å². The molecule has 2 amide bonds. The molecular weight excluding hydrogens is 268 g/mol. The van der Waals surface area contributed by atoms with Gasteiger partial charge in [-0.25, -0.2) is 9.59 Å². The summed E-state index contributed by atoms with van der Waals surface area (Å²) in [6, 6.07) is -0.452. The fraction of sp³-hybridized carbons (Fsp3) is 0.833. The van der Waals surface area contributed by atoms with Gasteiger partial charge in [0.05, 0.1) is 19.8 Å². The number of carboxylic acids is 1. The highest BCUT2D eigenvalue weighted by molar-refractivity contribution is 5.86. The first-order valence-corrected chi connectivity index (χ1v) is 6.42. The molecule has 0 aromatic rings. The minimum Gasteiger partial charge on any atom is -0.479 e. The van der Waals surface area contributed by atoms with Gasteiger partial charge >= 0.3 is 12.0 Å². The Bertz CT molecular complexity index is 322. The SMILES string of the molecule is COCCN(CCOC)C(=O)NC1(C(=O)O)CCOC1. The van der Waals surface area contributed by atoms with Crippen molar-refractivity contribution < 1.29 is 28.9 Å². The number of nitrogens with one attached hydrogen (secondary N) is 1. The van der Waals surface area contributed by atoms with Gasteiger partial charge < -0.3 is 29.5 Å². The van der Waals surface area contributed by atoms with Crippen molar-refractivity contribution in [3.05, 3.63) is 0 Å². The summed E-state index contributed by atoms with van der Waals surface area (Å²) < 4.78 is 15.0. The van der Waals surface area contributed by atoms with Crippen LogP contribution in [0, 0.1) is 0 Å². The molecule has 0 aromatic heterocycles. The van der Waals surface area contributed by atoms with Gasteiger partial charge in [0.15, 0.2) is 5.54 Å². The molecule has 1 aliphatic rings. The average Bonchev–Trinajstić information content (AvgIpc) is 2.88. The number of aliphatic carboxylic acids is 1. The lowest BCUT2D eigenvalue weighted by atomic mass is 9.99. The van der Waals surface area contributed by atoms with Crippen molar-refractivity contribution in [1.29, 1.82) is 0 Å². The Morgan fingerprint density at radius 2 is 1.90 bits per heavy atom. The zero-order chi connectivity index (χ0) is 15.0. The summed E-state index contributed by atoms with van der Waals surface area (Å²) in [5.74, 6) is -1.08. The summed E-state index contributed by atoms with van der Waals surface area (Å²) in [6.45, 7) is 1.77. The van der Waals surface area contributed by atoms with Gasteiger partial charge in [-0.3, -0.25) is 0 Å². The normalized spacial score (nSPS) is 21.7. The summed E-state index contributed by atoms with van der Waals surface area (Å²) in [7, 11) is 3.08. The number of ether oxygens (including phenoxy) is 3. The molecule has 8 heteroatoms. The van der Waals surface area contributed by atoms with Crippen molar-refractivity contribution in [2.75, 3.05) is 53.7 Å². The first-order valence-electron chi connectivity index (χ1n) is 6.42. The van der Waals surface area contributed by atoms with Crippen molar-refractivity contribution >= 4 is 12.0 Å². The Morgan fingerprint density at radius 3 is 2.30 bits per heavy atom. The van der Waals surface area contributed by atoms with Crippen LogP contribution >= 0.6 is 0 Å². The third-order valence-corrected chi connectivity index (χ3v) is 3.20. The molecule has 1 aliphatic heterocycles. The summed E-state index contributed by atoms with van der Waals surface area (Å²) in [5, 5.41) is 11.8. The largest absolute Gasteiger partial charge is 0.479 e. The topological polar surface area (TPSA) is 97.3 Å². The van der Waals surface area contributed by atoms with Crippen molar-refractivity contribution in [2.45, 2.75) is 12.0 Å². The van der Waals surface area contributed by atoms with E-state index >= 15 is 0 Å². The highest BCUT2D eigenvalue weighted by Crippen LogP contribution is 2.19. The Balaban J connectivity index is 2.65. The molecule has 0 bridgehead atoms. The van der Waals surface area contributed by atoms with E-state index in [1.165, 1.54) is 19.1 Å². The molecule has 1 saturated heterocycles. The second-order valence-electron chi connectivity index (χ2n) is 4.59. The van der Waals surface area contributed by atoms with E-state index in [0.717, 1.165) is 0 Å². The molecule has 1 rings (SSSR count). The summed E-state index contributed by atoms with van der Waals surface area (Å²) in [4.78, 5) is 25.0. The standard InChI is InChI=1S/C12H22N2O6/c1-18-7-4-14(5-8-19-2)11(17)13-12(10(15)16)3-6-20-9-12/h3-9H2,1-2H3,(H,13,17)(H,15,16). The van der Waals surface area contributed by atoms with Crippen LogP contribution in [0.3, 0.4) is 0 Å². The highest BCUT2D eigenvalue weighted by atomic mass is 16.5. The molecule has 2 N–H and O–H groups in total. The maximum absolute atomic E-state index is 12.2. The van der Waals surface area contributed by atoms with Crippen LogP contribution in [0.4, 0.5) is 4.79 Å². The predicted octanol–water partition coefficient (Wildman–Crippen LogP) is -0.465. The van der Waals surface area contributed by atoms with Crippen molar-refractivity contribution in [3.63, 3.8) is 0 Å². The van der Waals surface area contributed by atoms with E-state index in [2.05, 4.69) is 5.32 Å². The van der Waals surface area contributed by atoms with Crippen LogP contribution in [-0.2, 0) is 19.0 Å². The molecule has 1 fully saturated rings. The molecule has 116 valence electrons. The Labute approximate surface area is 118 Å². The van der Waals surface area contributed by atoms with Gasteiger partial charge in [-0.15, -0.1) is 0 Å². The van der Waals surface area contributed by atoms with Crippen LogP contribution in [-0.4, -0.2) is 81.3 Å². The van der Waals surface area contributed by atoms with Crippen LogP contribution in [0.2, 0.25) is 0 Å². The minimum atomic E-state index is -1.34. The third-order valence-electron chi connectivity index (χ3n) is 3.20. The lowest BCUT2D eigenvalue weighted by Crippen LogP contribution is -2.59. The number of carbonyl (C=O) groups is 2. The fourth-order valence-corrected chi connectivity index (χ4v) is 1.89. The molecule has 8 nitrogen and oxygen atoms in total. The molecule has 20 heavy (non-hydrogen) atoms. The van der Waals surface area contributed by atoms with E-state index in [1.807, 2.05) is 0 Å². The van der Waals surface area contributed by atoms with E-state index in [0.29, 0.717) is 32.9 Å². The summed E-state index contributed by atoms with van der Waals surface area (Å²) in [5.41, 5.74) is -1.34. The third kappa shape index (κ3) is 4.32. The molecular formula is C12H22N2O6. The lowest BCUT2D eigenvalue weighted by Gasteiger charge is -2.29. The van der Waals surface area contributed by atoms with Crippen LogP contribution in [0.25, 0.3) is 0 Å². The highest BCUT2D eigenvalue weighted by Gasteiger charge is 2.44. The molecule has 0 saturated carbocycles. The predicted molar refractivity (Wildman–Crippen MR) is 69.7 cm³/mol. The van der Waals surface area contributed by atoms with Crippen molar-refractivity contribution in [1.82, 2.24) is 10.2 Å². The number of hydrogen-bond donors (Lipinski definition) is 2. The number of methoxy groups -OCH3 is 2. The number of carboxylic acid groups (broad SMARTS) is 1. The zero-order valence-corrected chi connectivity index (χ0v) is 11.9. The van der Waals surface area contributed by atoms with Crippen LogP contribution < -0.4 is 5.32 Å². The summed E-state index contributed by atoms with van der Waals surface area (Å²) >= 11 is 0. The van der Waals surface area contributed by atoms with Crippen LogP contribution in [0.15, 0.2) is 0 Å². The van der Waals surface area contributed by atoms with Gasteiger partial charge in [0.2, 0.25) is 0 Å². The van der Waals surface area contributed by atoms with Gasteiger partial charge in [0.1, 0.15) is 0 Å². The number of amides is 2. The molecule has 0 radical (unpaired) electrons. The Hall–Kier alpha value is -1.38. The number of hydrogen-bond acceptors (Lipinski definition) is 5. The monoisotopic (exact) mass is 290 g/mol. The second-order valence-corrected chi connectivity index (χ2v) is 4.59. The Morgan fingerprint density at radius 1 is 1.30 bits per heavy atom. The molecule has 0 aromatic carbocycles. The van der Waals surface area contributed by atoms with E-state index in [9.17, 15) is 14.7 Å². The van der Waals surface area contributed by atoms with Gasteiger partial charge in [-0.1, -0.05) is 0 Å². The van der Waals surface area contributed by atoms with Gasteiger partial charge in [-0.2, -0.15) is 0 Å². The van der Waals surface area contributed by atoms with Gasteiger partial charge in [-0.05, 0) is 0 Å². The average molecular weight is 290 g/mol. The molecule has 0 aliphatic carbocycles. The van der Waals surface area contributed by atoms with Crippen molar-refractivity contribution in [3.8, 4) is 0 Å². The minimum absolute atomic E-state index is 0.0174. The van der Waals surface area contributed by atoms with E-state index in [4.69, 9.17) is 14.2 Å². The van der Waals surface area contributed by atoms with E-state index in [-0.39, 0.29) is 13.0 Å².